The summed E-state index contributed by atoms with van der Waals surface area (Å²) in [5.74, 6) is -1.06. The fourth-order valence-electron chi connectivity index (χ4n) is 1.40. The molecule has 0 radical (unpaired) electrons. The van der Waals surface area contributed by atoms with Crippen LogP contribution in [0.1, 0.15) is 40.0 Å². The number of oxime groups is 1. The van der Waals surface area contributed by atoms with Crippen molar-refractivity contribution in [1.29, 1.82) is 0 Å². The molecule has 1 unspecified atom stereocenters. The predicted molar refractivity (Wildman–Crippen MR) is 64.1 cm³/mol. The van der Waals surface area contributed by atoms with Crippen LogP contribution in [0.15, 0.2) is 5.16 Å². The lowest BCUT2D eigenvalue weighted by molar-refractivity contribution is -0.155. The Labute approximate surface area is 106 Å². The molecule has 0 fully saturated rings. The van der Waals surface area contributed by atoms with Gasteiger partial charge in [0.25, 0.3) is 0 Å². The molecule has 0 saturated heterocycles. The maximum absolute atomic E-state index is 11.7. The van der Waals surface area contributed by atoms with E-state index in [2.05, 4.69) is 5.16 Å². The van der Waals surface area contributed by atoms with Gasteiger partial charge in [0.05, 0.1) is 6.61 Å². The summed E-state index contributed by atoms with van der Waals surface area (Å²) in [6.45, 7) is 5.06. The van der Waals surface area contributed by atoms with Crippen molar-refractivity contribution in [2.75, 3.05) is 6.61 Å². The van der Waals surface area contributed by atoms with E-state index in [1.807, 2.05) is 6.92 Å². The van der Waals surface area contributed by atoms with Crippen molar-refractivity contribution in [2.24, 2.45) is 5.16 Å². The SMILES string of the molecule is CCCCOC(=O)C1CC(C(=O)C(C)(C)O)=NO1. The highest BCUT2D eigenvalue weighted by Crippen LogP contribution is 2.17. The molecule has 0 bridgehead atoms. The Morgan fingerprint density at radius 3 is 2.78 bits per heavy atom. The van der Waals surface area contributed by atoms with Crippen molar-refractivity contribution in [2.45, 2.75) is 51.7 Å². The van der Waals surface area contributed by atoms with Crippen molar-refractivity contribution in [3.8, 4) is 0 Å². The van der Waals surface area contributed by atoms with Gasteiger partial charge in [0.2, 0.25) is 11.9 Å². The van der Waals surface area contributed by atoms with E-state index in [0.29, 0.717) is 6.61 Å². The van der Waals surface area contributed by atoms with Crippen molar-refractivity contribution < 1.29 is 24.3 Å². The third kappa shape index (κ3) is 3.80. The van der Waals surface area contributed by atoms with Gasteiger partial charge in [-0.25, -0.2) is 4.79 Å². The largest absolute Gasteiger partial charge is 0.463 e. The number of unbranched alkanes of at least 4 members (excludes halogenated alkanes) is 1. The van der Waals surface area contributed by atoms with Crippen molar-refractivity contribution in [3.05, 3.63) is 0 Å². The Hall–Kier alpha value is -1.43. The highest BCUT2D eigenvalue weighted by molar-refractivity contribution is 6.43. The smallest absolute Gasteiger partial charge is 0.350 e. The molecule has 0 amide bonds. The van der Waals surface area contributed by atoms with E-state index < -0.39 is 23.5 Å². The molecular weight excluding hydrogens is 238 g/mol. The molecule has 0 aromatic rings. The summed E-state index contributed by atoms with van der Waals surface area (Å²) in [6.07, 6.45) is 0.892. The van der Waals surface area contributed by atoms with Gasteiger partial charge >= 0.3 is 5.97 Å². The van der Waals surface area contributed by atoms with Gasteiger partial charge in [-0.1, -0.05) is 18.5 Å². The Balaban J connectivity index is 2.45. The van der Waals surface area contributed by atoms with Crippen molar-refractivity contribution in [3.63, 3.8) is 0 Å². The molecule has 6 nitrogen and oxygen atoms in total. The second kappa shape index (κ2) is 5.95. The first kappa shape index (κ1) is 14.6. The minimum absolute atomic E-state index is 0.0494. The molecule has 1 N–H and O–H groups in total. The average Bonchev–Trinajstić information content (AvgIpc) is 2.76. The maximum atomic E-state index is 11.7. The molecule has 1 rings (SSSR count). The molecule has 0 saturated carbocycles. The lowest BCUT2D eigenvalue weighted by Crippen LogP contribution is -2.37. The number of Topliss-reactive ketones (excluding diaryl/α,β-unsaturated/α-hetero) is 1. The van der Waals surface area contributed by atoms with E-state index in [1.165, 1.54) is 13.8 Å². The number of nitrogens with zero attached hydrogens (tertiary/aromatic N) is 1. The van der Waals surface area contributed by atoms with Crippen LogP contribution in [0.3, 0.4) is 0 Å². The lowest BCUT2D eigenvalue weighted by atomic mass is 9.97. The molecule has 0 aromatic carbocycles. The zero-order valence-corrected chi connectivity index (χ0v) is 10.9. The fourth-order valence-corrected chi connectivity index (χ4v) is 1.40. The van der Waals surface area contributed by atoms with E-state index in [1.54, 1.807) is 0 Å². The Morgan fingerprint density at radius 1 is 1.56 bits per heavy atom. The molecule has 1 aliphatic rings. The fraction of sp³-hybridized carbons (Fsp3) is 0.750. The number of ether oxygens (including phenoxy) is 1. The average molecular weight is 257 g/mol. The predicted octanol–water partition coefficient (Wildman–Crippen LogP) is 0.815. The van der Waals surface area contributed by atoms with Crippen LogP contribution in [0.25, 0.3) is 0 Å². The molecule has 0 spiro atoms. The zero-order valence-electron chi connectivity index (χ0n) is 10.9. The van der Waals surface area contributed by atoms with Gasteiger partial charge in [-0.3, -0.25) is 4.79 Å². The quantitative estimate of drug-likeness (QED) is 0.562. The maximum Gasteiger partial charge on any atom is 0.350 e. The van der Waals surface area contributed by atoms with Crippen LogP contribution in [-0.4, -0.2) is 40.9 Å². The monoisotopic (exact) mass is 257 g/mol. The third-order valence-corrected chi connectivity index (χ3v) is 2.49. The standard InChI is InChI=1S/C12H19NO5/c1-4-5-6-17-11(15)9-7-8(13-18-9)10(14)12(2,3)16/h9,16H,4-7H2,1-3H3. The van der Waals surface area contributed by atoms with E-state index in [4.69, 9.17) is 9.57 Å². The first-order valence-electron chi connectivity index (χ1n) is 6.02. The molecule has 18 heavy (non-hydrogen) atoms. The number of ketones is 1. The third-order valence-electron chi connectivity index (χ3n) is 2.49. The van der Waals surface area contributed by atoms with Crippen LogP contribution < -0.4 is 0 Å². The number of esters is 1. The van der Waals surface area contributed by atoms with Crippen LogP contribution in [0.2, 0.25) is 0 Å². The lowest BCUT2D eigenvalue weighted by Gasteiger charge is -2.14. The number of hydrogen-bond donors (Lipinski definition) is 1. The van der Waals surface area contributed by atoms with Crippen molar-refractivity contribution >= 4 is 17.5 Å². The van der Waals surface area contributed by atoms with Gasteiger partial charge < -0.3 is 14.7 Å². The zero-order chi connectivity index (χ0) is 13.8. The molecule has 6 heteroatoms. The van der Waals surface area contributed by atoms with Gasteiger partial charge in [-0.05, 0) is 20.3 Å². The summed E-state index contributed by atoms with van der Waals surface area (Å²) < 4.78 is 4.97. The number of hydrogen-bond acceptors (Lipinski definition) is 6. The second-order valence-electron chi connectivity index (χ2n) is 4.75. The summed E-state index contributed by atoms with van der Waals surface area (Å²) in [7, 11) is 0. The minimum Gasteiger partial charge on any atom is -0.463 e. The summed E-state index contributed by atoms with van der Waals surface area (Å²) in [5, 5.41) is 13.1. The molecule has 1 atom stereocenters. The summed E-state index contributed by atoms with van der Waals surface area (Å²) in [5.41, 5.74) is -1.44. The normalized spacial score (nSPS) is 19.1. The molecule has 0 aromatic heterocycles. The van der Waals surface area contributed by atoms with Gasteiger partial charge in [0.15, 0.2) is 0 Å². The van der Waals surface area contributed by atoms with E-state index >= 15 is 0 Å². The highest BCUT2D eigenvalue weighted by Gasteiger charge is 2.37. The molecule has 0 aliphatic carbocycles. The second-order valence-corrected chi connectivity index (χ2v) is 4.75. The van der Waals surface area contributed by atoms with Crippen LogP contribution >= 0.6 is 0 Å². The molecule has 1 aliphatic heterocycles. The van der Waals surface area contributed by atoms with Crippen LogP contribution in [-0.2, 0) is 19.2 Å². The molecular formula is C12H19NO5. The van der Waals surface area contributed by atoms with Crippen molar-refractivity contribution in [1.82, 2.24) is 0 Å². The number of carbonyl (C=O) groups excluding carboxylic acids is 2. The van der Waals surface area contributed by atoms with Gasteiger partial charge in [-0.15, -0.1) is 0 Å². The summed E-state index contributed by atoms with van der Waals surface area (Å²) in [4.78, 5) is 28.1. The first-order chi connectivity index (χ1) is 8.36. The number of rotatable bonds is 6. The van der Waals surface area contributed by atoms with Gasteiger partial charge in [0, 0.05) is 6.42 Å². The minimum atomic E-state index is -1.51. The highest BCUT2D eigenvalue weighted by atomic mass is 16.7. The van der Waals surface area contributed by atoms with E-state index in [-0.39, 0.29) is 12.1 Å². The van der Waals surface area contributed by atoms with E-state index in [9.17, 15) is 14.7 Å². The van der Waals surface area contributed by atoms with Crippen LogP contribution in [0.4, 0.5) is 0 Å². The van der Waals surface area contributed by atoms with Crippen LogP contribution in [0.5, 0.6) is 0 Å². The molecule has 102 valence electrons. The molecule has 1 heterocycles. The first-order valence-corrected chi connectivity index (χ1v) is 6.02. The Kier molecular flexibility index (Phi) is 4.84. The topological polar surface area (TPSA) is 85.2 Å². The van der Waals surface area contributed by atoms with Gasteiger partial charge in [-0.2, -0.15) is 0 Å². The summed E-state index contributed by atoms with van der Waals surface area (Å²) in [6, 6.07) is 0. The Bertz CT molecular complexity index is 356. The number of aliphatic hydroxyl groups is 1. The number of carbonyl (C=O) groups is 2. The Morgan fingerprint density at radius 2 is 2.22 bits per heavy atom. The van der Waals surface area contributed by atoms with Gasteiger partial charge in [0.1, 0.15) is 11.3 Å². The van der Waals surface area contributed by atoms with Crippen LogP contribution in [0, 0.1) is 0 Å². The summed E-state index contributed by atoms with van der Waals surface area (Å²) >= 11 is 0. The van der Waals surface area contributed by atoms with E-state index in [0.717, 1.165) is 12.8 Å².